The highest BCUT2D eigenvalue weighted by atomic mass is 16.3. The first kappa shape index (κ1) is 10.9. The molecule has 0 spiro atoms. The van der Waals surface area contributed by atoms with Crippen LogP contribution in [0.2, 0.25) is 0 Å². The van der Waals surface area contributed by atoms with Crippen molar-refractivity contribution in [3.8, 4) is 0 Å². The van der Waals surface area contributed by atoms with Gasteiger partial charge >= 0.3 is 0 Å². The molecule has 1 aliphatic heterocycles. The molecular weight excluding hydrogens is 200 g/mol. The van der Waals surface area contributed by atoms with Gasteiger partial charge < -0.3 is 0 Å². The van der Waals surface area contributed by atoms with Crippen molar-refractivity contribution in [2.45, 2.75) is 25.3 Å². The number of nitroso groups, excluding NO2 is 1. The Hall–Kier alpha value is -1.64. The molecule has 1 heterocycles. The van der Waals surface area contributed by atoms with E-state index >= 15 is 0 Å². The Labute approximate surface area is 95.7 Å². The zero-order valence-corrected chi connectivity index (χ0v) is 9.25. The van der Waals surface area contributed by atoms with Crippen molar-refractivity contribution in [2.24, 2.45) is 5.29 Å². The standard InChI is InChI=1S/C13H16N2O/c16-14-15-11-5-10-13(15)9-4-8-12-6-2-1-3-7-12/h1-4,6-8,13H,5,9-11H2. The fraction of sp³-hybridized carbons (Fsp3) is 0.385. The van der Waals surface area contributed by atoms with E-state index in [0.717, 1.165) is 25.8 Å². The lowest BCUT2D eigenvalue weighted by Crippen LogP contribution is -2.22. The number of benzene rings is 1. The van der Waals surface area contributed by atoms with Gasteiger partial charge in [0.25, 0.3) is 0 Å². The molecule has 0 amide bonds. The molecule has 0 N–H and O–H groups in total. The van der Waals surface area contributed by atoms with E-state index in [0.29, 0.717) is 6.04 Å². The molecule has 1 aromatic carbocycles. The molecule has 3 heteroatoms. The summed E-state index contributed by atoms with van der Waals surface area (Å²) in [6.07, 6.45) is 7.28. The maximum absolute atomic E-state index is 10.5. The summed E-state index contributed by atoms with van der Waals surface area (Å²) in [6, 6.07) is 10.5. The van der Waals surface area contributed by atoms with Crippen molar-refractivity contribution in [3.63, 3.8) is 0 Å². The van der Waals surface area contributed by atoms with Gasteiger partial charge in [-0.1, -0.05) is 42.5 Å². The summed E-state index contributed by atoms with van der Waals surface area (Å²) in [4.78, 5) is 10.5. The predicted octanol–water partition coefficient (Wildman–Crippen LogP) is 3.24. The molecule has 0 bridgehead atoms. The van der Waals surface area contributed by atoms with Gasteiger partial charge in [-0.15, -0.1) is 4.91 Å². The van der Waals surface area contributed by atoms with Crippen molar-refractivity contribution in [3.05, 3.63) is 46.9 Å². The molecule has 0 saturated carbocycles. The summed E-state index contributed by atoms with van der Waals surface area (Å²) in [5, 5.41) is 4.71. The number of nitrogens with zero attached hydrogens (tertiary/aromatic N) is 2. The van der Waals surface area contributed by atoms with Gasteiger partial charge in [-0.3, -0.25) is 5.01 Å². The van der Waals surface area contributed by atoms with E-state index < -0.39 is 0 Å². The third-order valence-corrected chi connectivity index (χ3v) is 2.97. The topological polar surface area (TPSA) is 32.7 Å². The first-order chi connectivity index (χ1) is 7.90. The van der Waals surface area contributed by atoms with Gasteiger partial charge in [-0.25, -0.2) is 0 Å². The molecule has 1 saturated heterocycles. The Bertz CT molecular complexity index is 361. The lowest BCUT2D eigenvalue weighted by atomic mass is 10.1. The van der Waals surface area contributed by atoms with Gasteiger partial charge in [0.15, 0.2) is 0 Å². The Kier molecular flexibility index (Phi) is 3.70. The smallest absolute Gasteiger partial charge is 0.0537 e. The Morgan fingerprint density at radius 3 is 2.94 bits per heavy atom. The average Bonchev–Trinajstić information content (AvgIpc) is 2.78. The number of hydrogen-bond acceptors (Lipinski definition) is 2. The van der Waals surface area contributed by atoms with Crippen molar-refractivity contribution in [1.29, 1.82) is 0 Å². The van der Waals surface area contributed by atoms with Crippen molar-refractivity contribution in [2.75, 3.05) is 6.54 Å². The average molecular weight is 216 g/mol. The molecule has 1 atom stereocenters. The quantitative estimate of drug-likeness (QED) is 0.724. The van der Waals surface area contributed by atoms with Crippen LogP contribution in [-0.4, -0.2) is 17.6 Å². The van der Waals surface area contributed by atoms with E-state index in [2.05, 4.69) is 29.6 Å². The van der Waals surface area contributed by atoms with Crippen LogP contribution in [0.1, 0.15) is 24.8 Å². The molecule has 3 nitrogen and oxygen atoms in total. The van der Waals surface area contributed by atoms with E-state index in [1.807, 2.05) is 18.2 Å². The lowest BCUT2D eigenvalue weighted by molar-refractivity contribution is 0.264. The van der Waals surface area contributed by atoms with Crippen LogP contribution in [0, 0.1) is 4.91 Å². The highest BCUT2D eigenvalue weighted by Crippen LogP contribution is 2.20. The summed E-state index contributed by atoms with van der Waals surface area (Å²) in [6.45, 7) is 0.813. The molecule has 1 aromatic rings. The molecule has 2 rings (SSSR count). The molecular formula is C13H16N2O. The monoisotopic (exact) mass is 216 g/mol. The molecule has 1 aliphatic rings. The Balaban J connectivity index is 1.87. The van der Waals surface area contributed by atoms with Gasteiger partial charge in [-0.2, -0.15) is 0 Å². The second kappa shape index (κ2) is 5.45. The van der Waals surface area contributed by atoms with Crippen molar-refractivity contribution >= 4 is 6.08 Å². The third-order valence-electron chi connectivity index (χ3n) is 2.97. The predicted molar refractivity (Wildman–Crippen MR) is 65.6 cm³/mol. The zero-order chi connectivity index (χ0) is 11.2. The summed E-state index contributed by atoms with van der Waals surface area (Å²) in [5.41, 5.74) is 1.20. The van der Waals surface area contributed by atoms with Crippen LogP contribution in [0.25, 0.3) is 6.08 Å². The molecule has 1 fully saturated rings. The van der Waals surface area contributed by atoms with Crippen LogP contribution >= 0.6 is 0 Å². The van der Waals surface area contributed by atoms with Gasteiger partial charge in [0.05, 0.1) is 11.3 Å². The molecule has 0 aliphatic carbocycles. The van der Waals surface area contributed by atoms with Crippen LogP contribution in [-0.2, 0) is 0 Å². The van der Waals surface area contributed by atoms with E-state index in [4.69, 9.17) is 0 Å². The maximum Gasteiger partial charge on any atom is 0.0537 e. The van der Waals surface area contributed by atoms with Crippen LogP contribution in [0.5, 0.6) is 0 Å². The normalized spacial score (nSPS) is 20.5. The number of hydrogen-bond donors (Lipinski definition) is 0. The summed E-state index contributed by atoms with van der Waals surface area (Å²) < 4.78 is 0. The van der Waals surface area contributed by atoms with Gasteiger partial charge in [0.1, 0.15) is 0 Å². The highest BCUT2D eigenvalue weighted by Gasteiger charge is 2.22. The van der Waals surface area contributed by atoms with Gasteiger partial charge in [-0.05, 0) is 24.8 Å². The molecule has 0 aromatic heterocycles. The SMILES string of the molecule is O=NN1CCCC1CC=Cc1ccccc1. The molecule has 0 radical (unpaired) electrons. The summed E-state index contributed by atoms with van der Waals surface area (Å²) in [7, 11) is 0. The Morgan fingerprint density at radius 1 is 1.38 bits per heavy atom. The number of rotatable bonds is 4. The van der Waals surface area contributed by atoms with E-state index in [9.17, 15) is 4.91 Å². The minimum Gasteiger partial charge on any atom is -0.258 e. The molecule has 16 heavy (non-hydrogen) atoms. The second-order valence-corrected chi connectivity index (χ2v) is 4.09. The lowest BCUT2D eigenvalue weighted by Gasteiger charge is -2.15. The fourth-order valence-electron chi connectivity index (χ4n) is 2.09. The van der Waals surface area contributed by atoms with Crippen molar-refractivity contribution < 1.29 is 0 Å². The van der Waals surface area contributed by atoms with E-state index in [1.165, 1.54) is 5.56 Å². The van der Waals surface area contributed by atoms with Crippen LogP contribution < -0.4 is 0 Å². The minimum absolute atomic E-state index is 0.303. The van der Waals surface area contributed by atoms with E-state index in [1.54, 1.807) is 5.01 Å². The zero-order valence-electron chi connectivity index (χ0n) is 9.25. The van der Waals surface area contributed by atoms with Gasteiger partial charge in [0, 0.05) is 6.54 Å². The van der Waals surface area contributed by atoms with Crippen LogP contribution in [0.3, 0.4) is 0 Å². The fourth-order valence-corrected chi connectivity index (χ4v) is 2.09. The third kappa shape index (κ3) is 2.69. The first-order valence-corrected chi connectivity index (χ1v) is 5.71. The van der Waals surface area contributed by atoms with Crippen LogP contribution in [0.15, 0.2) is 41.7 Å². The highest BCUT2D eigenvalue weighted by molar-refractivity contribution is 5.48. The minimum atomic E-state index is 0.303. The van der Waals surface area contributed by atoms with E-state index in [-0.39, 0.29) is 0 Å². The van der Waals surface area contributed by atoms with Crippen molar-refractivity contribution in [1.82, 2.24) is 5.01 Å². The largest absolute Gasteiger partial charge is 0.258 e. The van der Waals surface area contributed by atoms with Crippen LogP contribution in [0.4, 0.5) is 0 Å². The van der Waals surface area contributed by atoms with Gasteiger partial charge in [0.2, 0.25) is 0 Å². The maximum atomic E-state index is 10.5. The Morgan fingerprint density at radius 2 is 2.19 bits per heavy atom. The summed E-state index contributed by atoms with van der Waals surface area (Å²) in [5.74, 6) is 0. The molecule has 84 valence electrons. The first-order valence-electron chi connectivity index (χ1n) is 5.71. The molecule has 1 unspecified atom stereocenters. The second-order valence-electron chi connectivity index (χ2n) is 4.09. The summed E-state index contributed by atoms with van der Waals surface area (Å²) >= 11 is 0.